The highest BCUT2D eigenvalue weighted by atomic mass is 79.9. The summed E-state index contributed by atoms with van der Waals surface area (Å²) in [6.07, 6.45) is 0. The number of hydrogen-bond acceptors (Lipinski definition) is 3. The molecule has 1 amide bonds. The summed E-state index contributed by atoms with van der Waals surface area (Å²) in [5, 5.41) is 12.0. The lowest BCUT2D eigenvalue weighted by Crippen LogP contribution is -2.29. The van der Waals surface area contributed by atoms with Gasteiger partial charge in [0.2, 0.25) is 5.91 Å². The minimum absolute atomic E-state index is 0.238. The summed E-state index contributed by atoms with van der Waals surface area (Å²) in [5.41, 5.74) is 6.28. The standard InChI is InChI=1S/C12H15BrN2O3/c1-6(12(17)18)7(2)15-10-4-3-8(11(14)16)5-9(10)13/h3-7,15H,1-2H3,(H2,14,16)(H,17,18). The zero-order valence-electron chi connectivity index (χ0n) is 10.1. The lowest BCUT2D eigenvalue weighted by molar-refractivity contribution is -0.141. The Morgan fingerprint density at radius 3 is 2.44 bits per heavy atom. The second kappa shape index (κ2) is 5.86. The van der Waals surface area contributed by atoms with Crippen LogP contribution in [0.25, 0.3) is 0 Å². The fraction of sp³-hybridized carbons (Fsp3) is 0.333. The number of benzene rings is 1. The maximum Gasteiger partial charge on any atom is 0.308 e. The quantitative estimate of drug-likeness (QED) is 0.775. The van der Waals surface area contributed by atoms with Crippen molar-refractivity contribution in [3.63, 3.8) is 0 Å². The Labute approximate surface area is 113 Å². The van der Waals surface area contributed by atoms with E-state index in [-0.39, 0.29) is 6.04 Å². The molecule has 2 unspecified atom stereocenters. The van der Waals surface area contributed by atoms with Crippen molar-refractivity contribution in [2.75, 3.05) is 5.32 Å². The first kappa shape index (κ1) is 14.5. The zero-order valence-corrected chi connectivity index (χ0v) is 11.7. The van der Waals surface area contributed by atoms with E-state index in [1.54, 1.807) is 32.0 Å². The Balaban J connectivity index is 2.86. The summed E-state index contributed by atoms with van der Waals surface area (Å²) in [7, 11) is 0. The number of aliphatic carboxylic acids is 1. The summed E-state index contributed by atoms with van der Waals surface area (Å²) in [5.74, 6) is -1.89. The summed E-state index contributed by atoms with van der Waals surface area (Å²) in [4.78, 5) is 21.8. The van der Waals surface area contributed by atoms with Crippen LogP contribution in [0.2, 0.25) is 0 Å². The molecule has 0 aliphatic rings. The van der Waals surface area contributed by atoms with Crippen molar-refractivity contribution in [2.45, 2.75) is 19.9 Å². The van der Waals surface area contributed by atoms with Gasteiger partial charge in [0.15, 0.2) is 0 Å². The van der Waals surface area contributed by atoms with Crippen LogP contribution in [-0.4, -0.2) is 23.0 Å². The third-order valence-corrected chi connectivity index (χ3v) is 3.43. The van der Waals surface area contributed by atoms with Crippen molar-refractivity contribution in [3.05, 3.63) is 28.2 Å². The molecule has 0 fully saturated rings. The minimum Gasteiger partial charge on any atom is -0.481 e. The van der Waals surface area contributed by atoms with Gasteiger partial charge in [0.25, 0.3) is 0 Å². The van der Waals surface area contributed by atoms with Crippen molar-refractivity contribution in [1.29, 1.82) is 0 Å². The van der Waals surface area contributed by atoms with E-state index in [2.05, 4.69) is 21.2 Å². The van der Waals surface area contributed by atoms with Crippen LogP contribution in [0.1, 0.15) is 24.2 Å². The Bertz CT molecular complexity index is 476. The number of hydrogen-bond donors (Lipinski definition) is 3. The molecule has 98 valence electrons. The third kappa shape index (κ3) is 3.46. The SMILES string of the molecule is CC(Nc1ccc(C(N)=O)cc1Br)C(C)C(=O)O. The van der Waals surface area contributed by atoms with Gasteiger partial charge in [-0.1, -0.05) is 0 Å². The average Bonchev–Trinajstić information content (AvgIpc) is 2.30. The number of amides is 1. The Hall–Kier alpha value is -1.56. The number of halogens is 1. The molecule has 18 heavy (non-hydrogen) atoms. The van der Waals surface area contributed by atoms with Gasteiger partial charge >= 0.3 is 5.97 Å². The van der Waals surface area contributed by atoms with Crippen molar-refractivity contribution < 1.29 is 14.7 Å². The summed E-state index contributed by atoms with van der Waals surface area (Å²) in [6.45, 7) is 3.42. The van der Waals surface area contributed by atoms with Crippen LogP contribution in [0.4, 0.5) is 5.69 Å². The number of nitrogens with two attached hydrogens (primary N) is 1. The molecular formula is C12H15BrN2O3. The van der Waals surface area contributed by atoms with Gasteiger partial charge in [-0.3, -0.25) is 9.59 Å². The number of carboxylic acids is 1. The maximum atomic E-state index is 11.0. The number of carbonyl (C=O) groups is 2. The molecule has 0 saturated carbocycles. The monoisotopic (exact) mass is 314 g/mol. The van der Waals surface area contributed by atoms with Gasteiger partial charge in [0.05, 0.1) is 5.92 Å². The number of primary amides is 1. The van der Waals surface area contributed by atoms with Crippen molar-refractivity contribution >= 4 is 33.5 Å². The molecule has 1 rings (SSSR count). The smallest absolute Gasteiger partial charge is 0.308 e. The van der Waals surface area contributed by atoms with Crippen LogP contribution >= 0.6 is 15.9 Å². The molecule has 0 aliphatic heterocycles. The molecule has 0 aliphatic carbocycles. The Morgan fingerprint density at radius 1 is 1.39 bits per heavy atom. The predicted octanol–water partition coefficient (Wildman–Crippen LogP) is 2.07. The van der Waals surface area contributed by atoms with Crippen molar-refractivity contribution in [1.82, 2.24) is 0 Å². The first-order valence-corrected chi connectivity index (χ1v) is 6.21. The second-order valence-corrected chi connectivity index (χ2v) is 4.97. The van der Waals surface area contributed by atoms with Gasteiger partial charge < -0.3 is 16.2 Å². The van der Waals surface area contributed by atoms with Gasteiger partial charge in [-0.15, -0.1) is 0 Å². The predicted molar refractivity (Wildman–Crippen MR) is 72.5 cm³/mol. The van der Waals surface area contributed by atoms with E-state index in [9.17, 15) is 9.59 Å². The number of nitrogens with one attached hydrogen (secondary N) is 1. The molecule has 2 atom stereocenters. The number of carboxylic acid groups (broad SMARTS) is 1. The molecule has 5 nitrogen and oxygen atoms in total. The molecule has 6 heteroatoms. The molecule has 1 aromatic carbocycles. The van der Waals surface area contributed by atoms with Crippen LogP contribution < -0.4 is 11.1 Å². The summed E-state index contributed by atoms with van der Waals surface area (Å²) >= 11 is 3.31. The molecule has 1 aromatic rings. The normalized spacial score (nSPS) is 13.7. The van der Waals surface area contributed by atoms with Gasteiger partial charge in [0.1, 0.15) is 0 Å². The first-order chi connectivity index (χ1) is 8.32. The van der Waals surface area contributed by atoms with Gasteiger partial charge in [-0.2, -0.15) is 0 Å². The van der Waals surface area contributed by atoms with Gasteiger partial charge in [0, 0.05) is 21.8 Å². The van der Waals surface area contributed by atoms with E-state index >= 15 is 0 Å². The van der Waals surface area contributed by atoms with Crippen LogP contribution in [0.15, 0.2) is 22.7 Å². The minimum atomic E-state index is -0.861. The Morgan fingerprint density at radius 2 is 2.00 bits per heavy atom. The van der Waals surface area contributed by atoms with E-state index in [0.29, 0.717) is 10.0 Å². The van der Waals surface area contributed by atoms with Gasteiger partial charge in [-0.25, -0.2) is 0 Å². The maximum absolute atomic E-state index is 11.0. The number of anilines is 1. The largest absolute Gasteiger partial charge is 0.481 e. The highest BCUT2D eigenvalue weighted by Gasteiger charge is 2.19. The zero-order chi connectivity index (χ0) is 13.9. The molecule has 0 radical (unpaired) electrons. The molecule has 0 saturated heterocycles. The lowest BCUT2D eigenvalue weighted by atomic mass is 10.0. The molecule has 0 spiro atoms. The molecule has 0 heterocycles. The van der Waals surface area contributed by atoms with E-state index in [1.165, 1.54) is 0 Å². The topological polar surface area (TPSA) is 92.4 Å². The third-order valence-electron chi connectivity index (χ3n) is 2.78. The van der Waals surface area contributed by atoms with E-state index in [4.69, 9.17) is 10.8 Å². The van der Waals surface area contributed by atoms with Crippen LogP contribution in [0.3, 0.4) is 0 Å². The lowest BCUT2D eigenvalue weighted by Gasteiger charge is -2.20. The van der Waals surface area contributed by atoms with E-state index in [0.717, 1.165) is 5.69 Å². The van der Waals surface area contributed by atoms with E-state index in [1.807, 2.05) is 0 Å². The van der Waals surface area contributed by atoms with Crippen LogP contribution in [0.5, 0.6) is 0 Å². The highest BCUT2D eigenvalue weighted by molar-refractivity contribution is 9.10. The molecule has 4 N–H and O–H groups in total. The molecular weight excluding hydrogens is 300 g/mol. The number of rotatable bonds is 5. The van der Waals surface area contributed by atoms with Gasteiger partial charge in [-0.05, 0) is 48.0 Å². The Kier molecular flexibility index (Phi) is 4.72. The first-order valence-electron chi connectivity index (χ1n) is 5.41. The summed E-state index contributed by atoms with van der Waals surface area (Å²) in [6, 6.07) is 4.64. The highest BCUT2D eigenvalue weighted by Crippen LogP contribution is 2.25. The van der Waals surface area contributed by atoms with Crippen LogP contribution in [-0.2, 0) is 4.79 Å². The number of carbonyl (C=O) groups excluding carboxylic acids is 1. The van der Waals surface area contributed by atoms with Crippen molar-refractivity contribution in [2.24, 2.45) is 11.7 Å². The van der Waals surface area contributed by atoms with Crippen LogP contribution in [0, 0.1) is 5.92 Å². The fourth-order valence-corrected chi connectivity index (χ4v) is 1.86. The van der Waals surface area contributed by atoms with Crippen molar-refractivity contribution in [3.8, 4) is 0 Å². The second-order valence-electron chi connectivity index (χ2n) is 4.12. The average molecular weight is 315 g/mol. The van der Waals surface area contributed by atoms with E-state index < -0.39 is 17.8 Å². The summed E-state index contributed by atoms with van der Waals surface area (Å²) < 4.78 is 0.670. The fourth-order valence-electron chi connectivity index (χ4n) is 1.37. The molecule has 0 bridgehead atoms. The molecule has 0 aromatic heterocycles.